The zero-order chi connectivity index (χ0) is 15.7. The Morgan fingerprint density at radius 3 is 2.76 bits per heavy atom. The number of hydrogen-bond acceptors (Lipinski definition) is 6. The number of hydrogen-bond donors (Lipinski definition) is 2. The van der Waals surface area contributed by atoms with E-state index in [4.69, 9.17) is 4.74 Å². The van der Waals surface area contributed by atoms with Crippen molar-refractivity contribution in [3.05, 3.63) is 39.9 Å². The third-order valence-electron chi connectivity index (χ3n) is 2.30. The number of methoxy groups -OCH3 is 1. The number of nitro benzene ring substituents is 1. The predicted octanol–water partition coefficient (Wildman–Crippen LogP) is -0.192. The van der Waals surface area contributed by atoms with Crippen LogP contribution in [0.15, 0.2) is 29.4 Å². The molecule has 21 heavy (non-hydrogen) atoms. The molecular formula is C12H14N4O5. The van der Waals surface area contributed by atoms with Crippen molar-refractivity contribution in [2.24, 2.45) is 5.10 Å². The average Bonchev–Trinajstić information content (AvgIpc) is 2.47. The molecule has 0 saturated heterocycles. The van der Waals surface area contributed by atoms with E-state index >= 15 is 0 Å². The number of carbonyl (C=O) groups is 2. The minimum absolute atomic E-state index is 0.153. The fourth-order valence-corrected chi connectivity index (χ4v) is 1.32. The number of carbonyl (C=O) groups excluding carboxylic acids is 2. The number of ether oxygens (including phenoxy) is 1. The molecule has 2 N–H and O–H groups in total. The lowest BCUT2D eigenvalue weighted by Gasteiger charge is -2.02. The minimum Gasteiger partial charge on any atom is -0.383 e. The molecule has 1 aromatic rings. The number of nitro groups is 1. The van der Waals surface area contributed by atoms with Gasteiger partial charge in [-0.3, -0.25) is 19.7 Å². The van der Waals surface area contributed by atoms with Gasteiger partial charge in [0.2, 0.25) is 0 Å². The maximum Gasteiger partial charge on any atom is 0.329 e. The van der Waals surface area contributed by atoms with Crippen molar-refractivity contribution in [1.82, 2.24) is 10.7 Å². The molecule has 0 aliphatic rings. The lowest BCUT2D eigenvalue weighted by molar-refractivity contribution is -0.385. The van der Waals surface area contributed by atoms with E-state index in [1.807, 2.05) is 5.43 Å². The number of benzene rings is 1. The third-order valence-corrected chi connectivity index (χ3v) is 2.30. The van der Waals surface area contributed by atoms with E-state index in [-0.39, 0.29) is 24.4 Å². The van der Waals surface area contributed by atoms with Crippen LogP contribution < -0.4 is 10.7 Å². The van der Waals surface area contributed by atoms with Gasteiger partial charge in [0.05, 0.1) is 23.3 Å². The SMILES string of the molecule is COCCNC(=O)C(=O)N/N=C/c1ccccc1[N+](=O)[O-]. The Morgan fingerprint density at radius 1 is 1.38 bits per heavy atom. The molecule has 0 saturated carbocycles. The molecule has 112 valence electrons. The highest BCUT2D eigenvalue weighted by atomic mass is 16.6. The van der Waals surface area contributed by atoms with Gasteiger partial charge in [0.25, 0.3) is 5.69 Å². The molecule has 0 radical (unpaired) electrons. The highest BCUT2D eigenvalue weighted by Crippen LogP contribution is 2.14. The van der Waals surface area contributed by atoms with Crippen LogP contribution >= 0.6 is 0 Å². The molecule has 1 rings (SSSR count). The molecule has 0 fully saturated rings. The van der Waals surface area contributed by atoms with E-state index in [2.05, 4.69) is 10.4 Å². The summed E-state index contributed by atoms with van der Waals surface area (Å²) >= 11 is 0. The molecule has 0 heterocycles. The van der Waals surface area contributed by atoms with Crippen LogP contribution in [0.1, 0.15) is 5.56 Å². The van der Waals surface area contributed by atoms with E-state index in [0.717, 1.165) is 6.21 Å². The average molecular weight is 294 g/mol. The van der Waals surface area contributed by atoms with Crippen molar-refractivity contribution in [2.75, 3.05) is 20.3 Å². The summed E-state index contributed by atoms with van der Waals surface area (Å²) in [4.78, 5) is 32.8. The topological polar surface area (TPSA) is 123 Å². The normalized spacial score (nSPS) is 10.3. The second-order valence-corrected chi connectivity index (χ2v) is 3.76. The van der Waals surface area contributed by atoms with E-state index in [1.165, 1.54) is 25.3 Å². The van der Waals surface area contributed by atoms with Crippen molar-refractivity contribution in [3.8, 4) is 0 Å². The number of amides is 2. The summed E-state index contributed by atoms with van der Waals surface area (Å²) < 4.78 is 4.71. The van der Waals surface area contributed by atoms with Gasteiger partial charge in [0, 0.05) is 19.7 Å². The maximum atomic E-state index is 11.3. The molecule has 0 aromatic heterocycles. The third kappa shape index (κ3) is 5.37. The molecule has 0 unspecified atom stereocenters. The molecule has 0 atom stereocenters. The van der Waals surface area contributed by atoms with Gasteiger partial charge in [-0.2, -0.15) is 5.10 Å². The summed E-state index contributed by atoms with van der Waals surface area (Å²) in [5, 5.41) is 16.6. The van der Waals surface area contributed by atoms with E-state index in [0.29, 0.717) is 0 Å². The largest absolute Gasteiger partial charge is 0.383 e. The van der Waals surface area contributed by atoms with Crippen LogP contribution in [0.3, 0.4) is 0 Å². The Bertz CT molecular complexity index is 558. The Morgan fingerprint density at radius 2 is 2.10 bits per heavy atom. The zero-order valence-corrected chi connectivity index (χ0v) is 11.2. The van der Waals surface area contributed by atoms with E-state index in [9.17, 15) is 19.7 Å². The van der Waals surface area contributed by atoms with Gasteiger partial charge in [0.15, 0.2) is 0 Å². The smallest absolute Gasteiger partial charge is 0.329 e. The second-order valence-electron chi connectivity index (χ2n) is 3.76. The molecule has 0 aliphatic heterocycles. The van der Waals surface area contributed by atoms with Crippen LogP contribution in [-0.4, -0.2) is 43.2 Å². The van der Waals surface area contributed by atoms with Gasteiger partial charge in [0.1, 0.15) is 0 Å². The van der Waals surface area contributed by atoms with Crippen molar-refractivity contribution in [1.29, 1.82) is 0 Å². The molecule has 0 aliphatic carbocycles. The van der Waals surface area contributed by atoms with Gasteiger partial charge >= 0.3 is 11.8 Å². The van der Waals surface area contributed by atoms with Gasteiger partial charge < -0.3 is 10.1 Å². The van der Waals surface area contributed by atoms with Gasteiger partial charge in [-0.1, -0.05) is 12.1 Å². The molecule has 2 amide bonds. The van der Waals surface area contributed by atoms with Crippen LogP contribution in [0, 0.1) is 10.1 Å². The van der Waals surface area contributed by atoms with Gasteiger partial charge in [-0.15, -0.1) is 0 Å². The van der Waals surface area contributed by atoms with Crippen LogP contribution in [0.4, 0.5) is 5.69 Å². The molecule has 0 bridgehead atoms. The van der Waals surface area contributed by atoms with Crippen molar-refractivity contribution >= 4 is 23.7 Å². The fourth-order valence-electron chi connectivity index (χ4n) is 1.32. The summed E-state index contributed by atoms with van der Waals surface area (Å²) in [7, 11) is 1.46. The van der Waals surface area contributed by atoms with Crippen LogP contribution in [0.5, 0.6) is 0 Å². The second kappa shape index (κ2) is 8.38. The van der Waals surface area contributed by atoms with E-state index < -0.39 is 16.7 Å². The number of nitrogens with zero attached hydrogens (tertiary/aromatic N) is 2. The van der Waals surface area contributed by atoms with Gasteiger partial charge in [-0.05, 0) is 6.07 Å². The molecular weight excluding hydrogens is 280 g/mol. The number of para-hydroxylation sites is 1. The van der Waals surface area contributed by atoms with Crippen molar-refractivity contribution in [2.45, 2.75) is 0 Å². The Balaban J connectivity index is 2.57. The first-order chi connectivity index (χ1) is 10.1. The monoisotopic (exact) mass is 294 g/mol. The van der Waals surface area contributed by atoms with Gasteiger partial charge in [-0.25, -0.2) is 5.43 Å². The van der Waals surface area contributed by atoms with E-state index in [1.54, 1.807) is 6.07 Å². The van der Waals surface area contributed by atoms with Crippen LogP contribution in [-0.2, 0) is 14.3 Å². The number of hydrazone groups is 1. The summed E-state index contributed by atoms with van der Waals surface area (Å²) in [5.41, 5.74) is 2.04. The summed E-state index contributed by atoms with van der Waals surface area (Å²) in [6.45, 7) is 0.467. The van der Waals surface area contributed by atoms with Crippen molar-refractivity contribution < 1.29 is 19.2 Å². The lowest BCUT2D eigenvalue weighted by atomic mass is 10.2. The highest BCUT2D eigenvalue weighted by molar-refractivity contribution is 6.35. The van der Waals surface area contributed by atoms with Crippen LogP contribution in [0.2, 0.25) is 0 Å². The standard InChI is InChI=1S/C12H14N4O5/c1-21-7-6-13-11(17)12(18)15-14-8-9-4-2-3-5-10(9)16(19)20/h2-5,8H,6-7H2,1H3,(H,13,17)(H,15,18)/b14-8+. The Labute approximate surface area is 120 Å². The Hall–Kier alpha value is -2.81. The first-order valence-electron chi connectivity index (χ1n) is 5.90. The summed E-state index contributed by atoms with van der Waals surface area (Å²) in [5.74, 6) is -1.84. The number of nitrogens with one attached hydrogen (secondary N) is 2. The molecule has 1 aromatic carbocycles. The molecule has 0 spiro atoms. The summed E-state index contributed by atoms with van der Waals surface area (Å²) in [6.07, 6.45) is 1.10. The maximum absolute atomic E-state index is 11.3. The first kappa shape index (κ1) is 16.2. The predicted molar refractivity (Wildman–Crippen MR) is 73.7 cm³/mol. The lowest BCUT2D eigenvalue weighted by Crippen LogP contribution is -2.39. The first-order valence-corrected chi connectivity index (χ1v) is 5.90. The number of rotatable bonds is 6. The fraction of sp³-hybridized carbons (Fsp3) is 0.250. The van der Waals surface area contributed by atoms with Crippen molar-refractivity contribution in [3.63, 3.8) is 0 Å². The van der Waals surface area contributed by atoms with Crippen LogP contribution in [0.25, 0.3) is 0 Å². The zero-order valence-electron chi connectivity index (χ0n) is 11.2. The Kier molecular flexibility index (Phi) is 6.48. The molecule has 9 heteroatoms. The summed E-state index contributed by atoms with van der Waals surface area (Å²) in [6, 6.07) is 5.87. The quantitative estimate of drug-likeness (QED) is 0.247. The minimum atomic E-state index is -0.971. The molecule has 9 nitrogen and oxygen atoms in total. The highest BCUT2D eigenvalue weighted by Gasteiger charge is 2.12.